The topological polar surface area (TPSA) is 92.8 Å². The van der Waals surface area contributed by atoms with Gasteiger partial charge in [-0.1, -0.05) is 11.6 Å². The number of hydrogen-bond acceptors (Lipinski definition) is 5. The molecular weight excluding hydrogens is 368 g/mol. The van der Waals surface area contributed by atoms with Crippen LogP contribution in [0.25, 0.3) is 0 Å². The van der Waals surface area contributed by atoms with Crippen molar-refractivity contribution in [3.05, 3.63) is 29.3 Å². The first kappa shape index (κ1) is 19.7. The van der Waals surface area contributed by atoms with E-state index in [9.17, 15) is 18.0 Å². The number of rotatable bonds is 4. The molecule has 0 saturated carbocycles. The van der Waals surface area contributed by atoms with Crippen LogP contribution in [-0.4, -0.2) is 49.9 Å². The molecule has 0 radical (unpaired) electrons. The lowest BCUT2D eigenvalue weighted by Gasteiger charge is -2.26. The molecule has 1 aliphatic rings. The predicted molar refractivity (Wildman–Crippen MR) is 93.0 cm³/mol. The Balaban J connectivity index is 2.10. The number of nitrogens with zero attached hydrogens (tertiary/aromatic N) is 1. The number of halogens is 1. The molecule has 7 nitrogen and oxygen atoms in total. The van der Waals surface area contributed by atoms with E-state index in [4.69, 9.17) is 16.3 Å². The molecule has 25 heavy (non-hydrogen) atoms. The zero-order valence-electron chi connectivity index (χ0n) is 14.2. The van der Waals surface area contributed by atoms with Crippen LogP contribution in [0.2, 0.25) is 5.02 Å². The van der Waals surface area contributed by atoms with Gasteiger partial charge in [-0.25, -0.2) is 17.9 Å². The van der Waals surface area contributed by atoms with Gasteiger partial charge in [-0.3, -0.25) is 4.90 Å². The number of hydrogen-bond donors (Lipinski definition) is 1. The molecule has 2 rings (SSSR count). The zero-order valence-corrected chi connectivity index (χ0v) is 15.8. The van der Waals surface area contributed by atoms with Gasteiger partial charge in [0, 0.05) is 17.6 Å². The standard InChI is InChI=1S/C16H21ClN2O5S/c1-16(2,3)24-15(21)19-9-12(8-13(19)10-20)18-25(22,23)14-6-4-11(17)5-7-14/h4-7,10,12-13,18H,8-9H2,1-3H3/t12-,13+/m1/s1. The zero-order chi connectivity index (χ0) is 18.8. The lowest BCUT2D eigenvalue weighted by Crippen LogP contribution is -2.42. The van der Waals surface area contributed by atoms with Crippen LogP contribution in [0.15, 0.2) is 29.2 Å². The highest BCUT2D eigenvalue weighted by molar-refractivity contribution is 7.89. The van der Waals surface area contributed by atoms with Gasteiger partial charge in [0.2, 0.25) is 10.0 Å². The van der Waals surface area contributed by atoms with Gasteiger partial charge in [0.1, 0.15) is 11.9 Å². The molecule has 1 aromatic carbocycles. The van der Waals surface area contributed by atoms with Gasteiger partial charge in [-0.05, 0) is 51.5 Å². The van der Waals surface area contributed by atoms with Crippen LogP contribution in [0.1, 0.15) is 27.2 Å². The molecule has 1 aromatic rings. The first-order valence-electron chi connectivity index (χ1n) is 7.74. The molecule has 1 aliphatic heterocycles. The Morgan fingerprint density at radius 2 is 1.92 bits per heavy atom. The number of carbonyl (C=O) groups excluding carboxylic acids is 2. The maximum atomic E-state index is 12.4. The molecule has 1 heterocycles. The molecule has 9 heteroatoms. The van der Waals surface area contributed by atoms with Gasteiger partial charge in [-0.15, -0.1) is 0 Å². The molecule has 138 valence electrons. The fourth-order valence-electron chi connectivity index (χ4n) is 2.51. The number of likely N-dealkylation sites (tertiary alicyclic amines) is 1. The summed E-state index contributed by atoms with van der Waals surface area (Å²) in [7, 11) is -3.78. The van der Waals surface area contributed by atoms with Gasteiger partial charge in [0.25, 0.3) is 0 Å². The van der Waals surface area contributed by atoms with Crippen molar-refractivity contribution >= 4 is 34.0 Å². The number of aldehydes is 1. The summed E-state index contributed by atoms with van der Waals surface area (Å²) in [5.74, 6) is 0. The quantitative estimate of drug-likeness (QED) is 0.798. The maximum Gasteiger partial charge on any atom is 0.410 e. The summed E-state index contributed by atoms with van der Waals surface area (Å²) in [5.41, 5.74) is -0.703. The van der Waals surface area contributed by atoms with Gasteiger partial charge >= 0.3 is 6.09 Å². The average Bonchev–Trinajstić information content (AvgIpc) is 2.88. The fraction of sp³-hybridized carbons (Fsp3) is 0.500. The number of nitrogens with one attached hydrogen (secondary N) is 1. The van der Waals surface area contributed by atoms with Crippen LogP contribution in [0.5, 0.6) is 0 Å². The van der Waals surface area contributed by atoms with Crippen LogP contribution in [-0.2, 0) is 19.6 Å². The smallest absolute Gasteiger partial charge is 0.410 e. The second-order valence-electron chi connectivity index (χ2n) is 6.84. The van der Waals surface area contributed by atoms with Crippen molar-refractivity contribution in [2.75, 3.05) is 6.54 Å². The average molecular weight is 389 g/mol. The van der Waals surface area contributed by atoms with Crippen LogP contribution in [0.3, 0.4) is 0 Å². The van der Waals surface area contributed by atoms with E-state index in [0.29, 0.717) is 11.3 Å². The maximum absolute atomic E-state index is 12.4. The van der Waals surface area contributed by atoms with Crippen molar-refractivity contribution in [3.63, 3.8) is 0 Å². The monoisotopic (exact) mass is 388 g/mol. The number of ether oxygens (including phenoxy) is 1. The first-order valence-corrected chi connectivity index (χ1v) is 9.61. The highest BCUT2D eigenvalue weighted by Gasteiger charge is 2.39. The molecule has 0 aromatic heterocycles. The van der Waals surface area contributed by atoms with Crippen LogP contribution in [0, 0.1) is 0 Å². The highest BCUT2D eigenvalue weighted by Crippen LogP contribution is 2.22. The van der Waals surface area contributed by atoms with Crippen LogP contribution < -0.4 is 4.72 Å². The van der Waals surface area contributed by atoms with Crippen molar-refractivity contribution in [2.24, 2.45) is 0 Å². The summed E-state index contributed by atoms with van der Waals surface area (Å²) in [5, 5.41) is 0.428. The molecular formula is C16H21ClN2O5S. The first-order chi connectivity index (χ1) is 11.5. The van der Waals surface area contributed by atoms with E-state index >= 15 is 0 Å². The minimum absolute atomic E-state index is 0.0607. The minimum Gasteiger partial charge on any atom is -0.444 e. The molecule has 0 unspecified atom stereocenters. The van der Waals surface area contributed by atoms with Crippen molar-refractivity contribution < 1.29 is 22.7 Å². The minimum atomic E-state index is -3.78. The summed E-state index contributed by atoms with van der Waals surface area (Å²) in [6, 6.07) is 4.43. The van der Waals surface area contributed by atoms with E-state index in [1.165, 1.54) is 29.2 Å². The third kappa shape index (κ3) is 5.17. The van der Waals surface area contributed by atoms with Crippen LogP contribution >= 0.6 is 11.6 Å². The molecule has 0 aliphatic carbocycles. The Kier molecular flexibility index (Phi) is 5.75. The van der Waals surface area contributed by atoms with E-state index in [2.05, 4.69) is 4.72 Å². The fourth-order valence-corrected chi connectivity index (χ4v) is 3.88. The summed E-state index contributed by atoms with van der Waals surface area (Å²) in [6.45, 7) is 5.22. The van der Waals surface area contributed by atoms with Gasteiger partial charge in [0.15, 0.2) is 0 Å². The van der Waals surface area contributed by atoms with Crippen molar-refractivity contribution in [2.45, 2.75) is 49.8 Å². The molecule has 0 spiro atoms. The van der Waals surface area contributed by atoms with Crippen LogP contribution in [0.4, 0.5) is 4.79 Å². The summed E-state index contributed by atoms with van der Waals surface area (Å²) < 4.78 is 32.6. The Labute approximate surface area is 152 Å². The number of carbonyl (C=O) groups is 2. The third-order valence-electron chi connectivity index (χ3n) is 3.57. The van der Waals surface area contributed by atoms with Gasteiger partial charge < -0.3 is 9.53 Å². The molecule has 1 N–H and O–H groups in total. The Morgan fingerprint density at radius 1 is 1.32 bits per heavy atom. The van der Waals surface area contributed by atoms with E-state index in [1.807, 2.05) is 0 Å². The van der Waals surface area contributed by atoms with Gasteiger partial charge in [-0.2, -0.15) is 0 Å². The Morgan fingerprint density at radius 3 is 2.44 bits per heavy atom. The Bertz CT molecular complexity index is 743. The molecule has 1 amide bonds. The lowest BCUT2D eigenvalue weighted by atomic mass is 10.2. The number of benzene rings is 1. The second-order valence-corrected chi connectivity index (χ2v) is 8.99. The third-order valence-corrected chi connectivity index (χ3v) is 5.36. The Hall–Kier alpha value is -1.64. The summed E-state index contributed by atoms with van der Waals surface area (Å²) in [4.78, 5) is 24.8. The van der Waals surface area contributed by atoms with E-state index in [-0.39, 0.29) is 17.9 Å². The van der Waals surface area contributed by atoms with Crippen molar-refractivity contribution in [1.82, 2.24) is 9.62 Å². The molecule has 1 saturated heterocycles. The number of sulfonamides is 1. The van der Waals surface area contributed by atoms with Crippen molar-refractivity contribution in [1.29, 1.82) is 0 Å². The molecule has 2 atom stereocenters. The normalized spacial score (nSPS) is 21.2. The molecule has 0 bridgehead atoms. The SMILES string of the molecule is CC(C)(C)OC(=O)N1C[C@H](NS(=O)(=O)c2ccc(Cl)cc2)C[C@H]1C=O. The van der Waals surface area contributed by atoms with E-state index in [1.54, 1.807) is 20.8 Å². The predicted octanol–water partition coefficient (Wildman–Crippen LogP) is 2.20. The van der Waals surface area contributed by atoms with E-state index in [0.717, 1.165) is 0 Å². The second kappa shape index (κ2) is 7.31. The van der Waals surface area contributed by atoms with Crippen molar-refractivity contribution in [3.8, 4) is 0 Å². The highest BCUT2D eigenvalue weighted by atomic mass is 35.5. The van der Waals surface area contributed by atoms with Gasteiger partial charge in [0.05, 0.1) is 10.9 Å². The largest absolute Gasteiger partial charge is 0.444 e. The lowest BCUT2D eigenvalue weighted by molar-refractivity contribution is -0.111. The van der Waals surface area contributed by atoms with E-state index < -0.39 is 33.8 Å². The molecule has 1 fully saturated rings. The summed E-state index contributed by atoms with van der Waals surface area (Å²) in [6.07, 6.45) is 0.175. The number of amides is 1. The summed E-state index contributed by atoms with van der Waals surface area (Å²) >= 11 is 5.76.